The molecule has 0 bridgehead atoms. The summed E-state index contributed by atoms with van der Waals surface area (Å²) < 4.78 is 0. The van der Waals surface area contributed by atoms with Crippen molar-refractivity contribution in [3.8, 4) is 0 Å². The molecule has 0 heterocycles. The predicted molar refractivity (Wildman–Crippen MR) is 78.8 cm³/mol. The lowest BCUT2D eigenvalue weighted by Gasteiger charge is -2.16. The van der Waals surface area contributed by atoms with Gasteiger partial charge in [-0.3, -0.25) is 4.79 Å². The average Bonchev–Trinajstić information content (AvgIpc) is 3.19. The Morgan fingerprint density at radius 1 is 1.42 bits per heavy atom. The SMILES string of the molecule is CN(C(=O)CNCCc1ccc(Cl)cc1Cl)C1CC1. The van der Waals surface area contributed by atoms with E-state index < -0.39 is 0 Å². The molecule has 0 spiro atoms. The van der Waals surface area contributed by atoms with Gasteiger partial charge in [-0.2, -0.15) is 0 Å². The molecule has 0 saturated heterocycles. The normalized spacial score (nSPS) is 14.5. The standard InChI is InChI=1S/C14H18Cl2N2O/c1-18(12-4-5-12)14(19)9-17-7-6-10-2-3-11(15)8-13(10)16/h2-3,8,12,17H,4-7,9H2,1H3. The maximum atomic E-state index is 11.8. The van der Waals surface area contributed by atoms with Gasteiger partial charge in [-0.1, -0.05) is 29.3 Å². The third-order valence-electron chi connectivity index (χ3n) is 3.35. The van der Waals surface area contributed by atoms with E-state index in [9.17, 15) is 4.79 Å². The van der Waals surface area contributed by atoms with Crippen LogP contribution in [0.15, 0.2) is 18.2 Å². The second kappa shape index (κ2) is 6.60. The van der Waals surface area contributed by atoms with Crippen LogP contribution >= 0.6 is 23.2 Å². The van der Waals surface area contributed by atoms with Crippen LogP contribution in [-0.4, -0.2) is 37.0 Å². The van der Waals surface area contributed by atoms with E-state index in [-0.39, 0.29) is 5.91 Å². The molecule has 0 radical (unpaired) electrons. The Hall–Kier alpha value is -0.770. The highest BCUT2D eigenvalue weighted by atomic mass is 35.5. The molecule has 1 aromatic rings. The van der Waals surface area contributed by atoms with Gasteiger partial charge in [-0.05, 0) is 43.5 Å². The van der Waals surface area contributed by atoms with Crippen LogP contribution in [0.1, 0.15) is 18.4 Å². The molecule has 0 atom stereocenters. The van der Waals surface area contributed by atoms with Crippen LogP contribution < -0.4 is 5.32 Å². The number of carbonyl (C=O) groups excluding carboxylic acids is 1. The first-order valence-electron chi connectivity index (χ1n) is 6.48. The van der Waals surface area contributed by atoms with Gasteiger partial charge in [0, 0.05) is 23.1 Å². The Bertz CT molecular complexity index is 461. The summed E-state index contributed by atoms with van der Waals surface area (Å²) in [6.45, 7) is 1.11. The lowest BCUT2D eigenvalue weighted by Crippen LogP contribution is -2.37. The highest BCUT2D eigenvalue weighted by molar-refractivity contribution is 6.35. The van der Waals surface area contributed by atoms with E-state index in [2.05, 4.69) is 5.32 Å². The Morgan fingerprint density at radius 2 is 2.16 bits per heavy atom. The molecular formula is C14H18Cl2N2O. The largest absolute Gasteiger partial charge is 0.342 e. The van der Waals surface area contributed by atoms with Gasteiger partial charge >= 0.3 is 0 Å². The van der Waals surface area contributed by atoms with E-state index in [0.717, 1.165) is 31.4 Å². The Morgan fingerprint density at radius 3 is 2.79 bits per heavy atom. The molecule has 0 aromatic heterocycles. The van der Waals surface area contributed by atoms with E-state index >= 15 is 0 Å². The first-order chi connectivity index (χ1) is 9.08. The molecule has 5 heteroatoms. The first kappa shape index (κ1) is 14.6. The van der Waals surface area contributed by atoms with Crippen LogP contribution in [0.2, 0.25) is 10.0 Å². The fourth-order valence-electron chi connectivity index (χ4n) is 1.93. The van der Waals surface area contributed by atoms with Crippen molar-refractivity contribution in [2.24, 2.45) is 0 Å². The minimum atomic E-state index is 0.157. The number of benzene rings is 1. The van der Waals surface area contributed by atoms with Crippen molar-refractivity contribution in [2.45, 2.75) is 25.3 Å². The summed E-state index contributed by atoms with van der Waals surface area (Å²) in [5.74, 6) is 0.157. The third-order valence-corrected chi connectivity index (χ3v) is 3.94. The molecule has 1 aliphatic carbocycles. The smallest absolute Gasteiger partial charge is 0.236 e. The summed E-state index contributed by atoms with van der Waals surface area (Å²) >= 11 is 11.9. The van der Waals surface area contributed by atoms with E-state index in [1.165, 1.54) is 0 Å². The van der Waals surface area contributed by atoms with Gasteiger partial charge in [-0.25, -0.2) is 0 Å². The summed E-state index contributed by atoms with van der Waals surface area (Å²) in [5, 5.41) is 4.47. The molecule has 1 N–H and O–H groups in total. The van der Waals surface area contributed by atoms with Crippen molar-refractivity contribution in [1.82, 2.24) is 10.2 Å². The maximum absolute atomic E-state index is 11.8. The zero-order valence-electron chi connectivity index (χ0n) is 11.0. The van der Waals surface area contributed by atoms with Crippen LogP contribution in [0, 0.1) is 0 Å². The fourth-order valence-corrected chi connectivity index (χ4v) is 2.44. The molecule has 1 fully saturated rings. The van der Waals surface area contributed by atoms with Crippen LogP contribution in [0.4, 0.5) is 0 Å². The molecule has 0 unspecified atom stereocenters. The van der Waals surface area contributed by atoms with Gasteiger partial charge in [0.05, 0.1) is 6.54 Å². The second-order valence-corrected chi connectivity index (χ2v) is 5.74. The fraction of sp³-hybridized carbons (Fsp3) is 0.500. The average molecular weight is 301 g/mol. The van der Waals surface area contributed by atoms with Gasteiger partial charge in [-0.15, -0.1) is 0 Å². The Kier molecular flexibility index (Phi) is 5.08. The number of likely N-dealkylation sites (N-methyl/N-ethyl adjacent to an activating group) is 1. The third kappa shape index (κ3) is 4.37. The van der Waals surface area contributed by atoms with E-state index in [1.54, 1.807) is 6.07 Å². The van der Waals surface area contributed by atoms with Crippen molar-refractivity contribution in [3.63, 3.8) is 0 Å². The lowest BCUT2D eigenvalue weighted by molar-refractivity contribution is -0.129. The van der Waals surface area contributed by atoms with Crippen LogP contribution in [0.25, 0.3) is 0 Å². The molecular weight excluding hydrogens is 283 g/mol. The number of rotatable bonds is 6. The summed E-state index contributed by atoms with van der Waals surface area (Å²) in [6, 6.07) is 5.96. The Labute approximate surface area is 123 Å². The predicted octanol–water partition coefficient (Wildman–Crippen LogP) is 2.75. The van der Waals surface area contributed by atoms with Crippen molar-refractivity contribution >= 4 is 29.1 Å². The number of halogens is 2. The molecule has 1 saturated carbocycles. The van der Waals surface area contributed by atoms with Gasteiger partial charge in [0.2, 0.25) is 5.91 Å². The molecule has 3 nitrogen and oxygen atoms in total. The zero-order valence-corrected chi connectivity index (χ0v) is 12.5. The van der Waals surface area contributed by atoms with E-state index in [1.807, 2.05) is 24.1 Å². The number of nitrogens with one attached hydrogen (secondary N) is 1. The number of hydrogen-bond acceptors (Lipinski definition) is 2. The van der Waals surface area contributed by atoms with Gasteiger partial charge < -0.3 is 10.2 Å². The summed E-state index contributed by atoms with van der Waals surface area (Å²) in [6.07, 6.45) is 3.07. The van der Waals surface area contributed by atoms with Crippen LogP contribution in [0.5, 0.6) is 0 Å². The van der Waals surface area contributed by atoms with Gasteiger partial charge in [0.25, 0.3) is 0 Å². The molecule has 104 valence electrons. The molecule has 0 aliphatic heterocycles. The maximum Gasteiger partial charge on any atom is 0.236 e. The van der Waals surface area contributed by atoms with E-state index in [0.29, 0.717) is 22.6 Å². The van der Waals surface area contributed by atoms with Gasteiger partial charge in [0.15, 0.2) is 0 Å². The second-order valence-electron chi connectivity index (χ2n) is 4.90. The molecule has 19 heavy (non-hydrogen) atoms. The number of hydrogen-bond donors (Lipinski definition) is 1. The van der Waals surface area contributed by atoms with Crippen molar-refractivity contribution in [1.29, 1.82) is 0 Å². The number of amides is 1. The minimum Gasteiger partial charge on any atom is -0.342 e. The number of carbonyl (C=O) groups is 1. The highest BCUT2D eigenvalue weighted by Crippen LogP contribution is 2.25. The van der Waals surface area contributed by atoms with Crippen molar-refractivity contribution < 1.29 is 4.79 Å². The number of nitrogens with zero attached hydrogens (tertiary/aromatic N) is 1. The Balaban J connectivity index is 1.70. The van der Waals surface area contributed by atoms with Crippen molar-refractivity contribution in [2.75, 3.05) is 20.1 Å². The molecule has 1 amide bonds. The topological polar surface area (TPSA) is 32.3 Å². The molecule has 1 aliphatic rings. The minimum absolute atomic E-state index is 0.157. The molecule has 1 aromatic carbocycles. The highest BCUT2D eigenvalue weighted by Gasteiger charge is 2.28. The summed E-state index contributed by atoms with van der Waals surface area (Å²) in [5.41, 5.74) is 1.04. The first-order valence-corrected chi connectivity index (χ1v) is 7.24. The quantitative estimate of drug-likeness (QED) is 0.819. The van der Waals surface area contributed by atoms with Crippen molar-refractivity contribution in [3.05, 3.63) is 33.8 Å². The summed E-state index contributed by atoms with van der Waals surface area (Å²) in [4.78, 5) is 13.6. The van der Waals surface area contributed by atoms with Crippen LogP contribution in [-0.2, 0) is 11.2 Å². The zero-order chi connectivity index (χ0) is 13.8. The van der Waals surface area contributed by atoms with Crippen LogP contribution in [0.3, 0.4) is 0 Å². The lowest BCUT2D eigenvalue weighted by atomic mass is 10.1. The monoisotopic (exact) mass is 300 g/mol. The summed E-state index contributed by atoms with van der Waals surface area (Å²) in [7, 11) is 1.87. The van der Waals surface area contributed by atoms with Gasteiger partial charge in [0.1, 0.15) is 0 Å². The molecule has 2 rings (SSSR count). The van der Waals surface area contributed by atoms with E-state index in [4.69, 9.17) is 23.2 Å².